The molecule has 7 heteroatoms. The van der Waals surface area contributed by atoms with Crippen LogP contribution in [0.15, 0.2) is 24.3 Å². The van der Waals surface area contributed by atoms with Crippen LogP contribution >= 0.6 is 0 Å². The van der Waals surface area contributed by atoms with Gasteiger partial charge in [-0.05, 0) is 23.8 Å². The number of aromatic hydroxyl groups is 2. The van der Waals surface area contributed by atoms with E-state index in [1.54, 1.807) is 12.1 Å². The van der Waals surface area contributed by atoms with Crippen molar-refractivity contribution >= 4 is 0 Å². The molecule has 7 nitrogen and oxygen atoms in total. The molecule has 2 aliphatic heterocycles. The smallest absolute Gasteiger partial charge is 0.231 e. The molecule has 132 valence electrons. The molecule has 0 saturated heterocycles. The van der Waals surface area contributed by atoms with Crippen LogP contribution in [0.4, 0.5) is 0 Å². The van der Waals surface area contributed by atoms with E-state index in [4.69, 9.17) is 18.9 Å². The highest BCUT2D eigenvalue weighted by molar-refractivity contribution is 5.59. The predicted octanol–water partition coefficient (Wildman–Crippen LogP) is 2.31. The highest BCUT2D eigenvalue weighted by Gasteiger charge is 2.38. The van der Waals surface area contributed by atoms with Crippen molar-refractivity contribution in [3.8, 4) is 34.5 Å². The van der Waals surface area contributed by atoms with Gasteiger partial charge in [0.2, 0.25) is 18.8 Å². The Morgan fingerprint density at radius 2 is 1.76 bits per heavy atom. The Morgan fingerprint density at radius 3 is 2.48 bits per heavy atom. The van der Waals surface area contributed by atoms with E-state index in [2.05, 4.69) is 0 Å². The first-order valence-corrected chi connectivity index (χ1v) is 7.87. The molecular formula is C18H18O7. The molecule has 2 aromatic carbocycles. The second-order valence-electron chi connectivity index (χ2n) is 6.18. The third kappa shape index (κ3) is 2.39. The Balaban J connectivity index is 1.89. The molecular weight excluding hydrogens is 328 g/mol. The first kappa shape index (κ1) is 15.7. The Kier molecular flexibility index (Phi) is 3.54. The van der Waals surface area contributed by atoms with Gasteiger partial charge in [0.15, 0.2) is 23.0 Å². The van der Waals surface area contributed by atoms with E-state index in [0.717, 1.165) is 5.56 Å². The lowest BCUT2D eigenvalue weighted by atomic mass is 9.79. The number of rotatable bonds is 2. The number of benzene rings is 2. The average Bonchev–Trinajstić information content (AvgIpc) is 3.04. The number of fused-ring (bicyclic) bond motifs is 2. The average molecular weight is 346 g/mol. The van der Waals surface area contributed by atoms with Gasteiger partial charge < -0.3 is 34.3 Å². The summed E-state index contributed by atoms with van der Waals surface area (Å²) in [5.41, 5.74) is 1.48. The van der Waals surface area contributed by atoms with Gasteiger partial charge in [0.1, 0.15) is 5.75 Å². The van der Waals surface area contributed by atoms with Gasteiger partial charge in [-0.15, -0.1) is 0 Å². The van der Waals surface area contributed by atoms with E-state index in [9.17, 15) is 15.3 Å². The normalized spacial score (nSPS) is 23.7. The molecule has 0 spiro atoms. The second kappa shape index (κ2) is 5.63. The molecule has 0 bridgehead atoms. The molecule has 2 aromatic rings. The first-order valence-electron chi connectivity index (χ1n) is 7.87. The number of hydrogen-bond acceptors (Lipinski definition) is 7. The van der Waals surface area contributed by atoms with Gasteiger partial charge in [0.25, 0.3) is 0 Å². The number of ether oxygens (including phenoxy) is 4. The van der Waals surface area contributed by atoms with E-state index in [1.165, 1.54) is 13.2 Å². The SMILES string of the molecule is COc1cc(C2c3cc4c(cc3OC(O)C2C)OCO4)cc(O)c1O. The molecule has 4 rings (SSSR count). The number of methoxy groups -OCH3 is 1. The highest BCUT2D eigenvalue weighted by atomic mass is 16.7. The summed E-state index contributed by atoms with van der Waals surface area (Å²) in [6, 6.07) is 6.62. The van der Waals surface area contributed by atoms with Gasteiger partial charge in [-0.25, -0.2) is 0 Å². The van der Waals surface area contributed by atoms with Gasteiger partial charge in [-0.2, -0.15) is 0 Å². The fraction of sp³-hybridized carbons (Fsp3) is 0.333. The minimum Gasteiger partial charge on any atom is -0.504 e. The van der Waals surface area contributed by atoms with Crippen molar-refractivity contribution in [2.45, 2.75) is 19.1 Å². The largest absolute Gasteiger partial charge is 0.504 e. The molecule has 3 atom stereocenters. The van der Waals surface area contributed by atoms with Crippen LogP contribution in [0.3, 0.4) is 0 Å². The zero-order valence-electron chi connectivity index (χ0n) is 13.7. The molecule has 2 aliphatic rings. The molecule has 3 unspecified atom stereocenters. The third-order valence-electron chi connectivity index (χ3n) is 4.72. The maximum Gasteiger partial charge on any atom is 0.231 e. The van der Waals surface area contributed by atoms with Crippen LogP contribution in [0.25, 0.3) is 0 Å². The topological polar surface area (TPSA) is 97.6 Å². The number of phenolic OH excluding ortho intramolecular Hbond substituents is 2. The lowest BCUT2D eigenvalue weighted by Gasteiger charge is -2.35. The van der Waals surface area contributed by atoms with Gasteiger partial charge in [-0.1, -0.05) is 6.92 Å². The fourth-order valence-corrected chi connectivity index (χ4v) is 3.40. The van der Waals surface area contributed by atoms with Crippen molar-refractivity contribution in [1.29, 1.82) is 0 Å². The van der Waals surface area contributed by atoms with Crippen molar-refractivity contribution < 1.29 is 34.3 Å². The molecule has 0 aromatic heterocycles. The van der Waals surface area contributed by atoms with Crippen molar-refractivity contribution in [2.75, 3.05) is 13.9 Å². The molecule has 0 aliphatic carbocycles. The fourth-order valence-electron chi connectivity index (χ4n) is 3.40. The van der Waals surface area contributed by atoms with Crippen LogP contribution in [0.1, 0.15) is 24.0 Å². The summed E-state index contributed by atoms with van der Waals surface area (Å²) in [6.07, 6.45) is -1.03. The van der Waals surface area contributed by atoms with Crippen molar-refractivity contribution in [3.63, 3.8) is 0 Å². The molecule has 0 fully saturated rings. The van der Waals surface area contributed by atoms with Crippen LogP contribution in [0.5, 0.6) is 34.5 Å². The Bertz CT molecular complexity index is 833. The van der Waals surface area contributed by atoms with Crippen molar-refractivity contribution in [3.05, 3.63) is 35.4 Å². The summed E-state index contributed by atoms with van der Waals surface area (Å²) in [4.78, 5) is 0. The minimum absolute atomic E-state index is 0.134. The van der Waals surface area contributed by atoms with E-state index in [0.29, 0.717) is 22.8 Å². The summed E-state index contributed by atoms with van der Waals surface area (Å²) in [5, 5.41) is 30.2. The molecule has 0 radical (unpaired) electrons. The van der Waals surface area contributed by atoms with Crippen molar-refractivity contribution in [2.24, 2.45) is 5.92 Å². The summed E-state index contributed by atoms with van der Waals surface area (Å²) in [5.74, 6) is 0.602. The molecule has 3 N–H and O–H groups in total. The number of phenols is 2. The standard InChI is InChI=1S/C18H18O7/c1-8-16(9-3-11(19)17(20)15(4-9)22-2)10-5-13-14(24-7-23-13)6-12(10)25-18(8)21/h3-6,8,16,18-21H,7H2,1-2H3. The van der Waals surface area contributed by atoms with Crippen LogP contribution in [-0.4, -0.2) is 35.5 Å². The maximum absolute atomic E-state index is 10.3. The van der Waals surface area contributed by atoms with Crippen LogP contribution in [0.2, 0.25) is 0 Å². The first-order chi connectivity index (χ1) is 12.0. The molecule has 25 heavy (non-hydrogen) atoms. The van der Waals surface area contributed by atoms with Gasteiger partial charge in [0.05, 0.1) is 7.11 Å². The lowest BCUT2D eigenvalue weighted by Crippen LogP contribution is -2.34. The molecule has 0 saturated carbocycles. The highest BCUT2D eigenvalue weighted by Crippen LogP contribution is 2.50. The summed E-state index contributed by atoms with van der Waals surface area (Å²) >= 11 is 0. The van der Waals surface area contributed by atoms with E-state index in [-0.39, 0.29) is 35.9 Å². The Hall–Kier alpha value is -2.80. The second-order valence-corrected chi connectivity index (χ2v) is 6.18. The Labute approximate surface area is 144 Å². The van der Waals surface area contributed by atoms with Gasteiger partial charge >= 0.3 is 0 Å². The summed E-state index contributed by atoms with van der Waals surface area (Å²) in [6.45, 7) is 1.98. The monoisotopic (exact) mass is 346 g/mol. The predicted molar refractivity (Wildman–Crippen MR) is 86.5 cm³/mol. The van der Waals surface area contributed by atoms with Crippen molar-refractivity contribution in [1.82, 2.24) is 0 Å². The number of hydrogen-bond donors (Lipinski definition) is 3. The minimum atomic E-state index is -1.03. The number of aliphatic hydroxyl groups excluding tert-OH is 1. The van der Waals surface area contributed by atoms with Crippen LogP contribution < -0.4 is 18.9 Å². The van der Waals surface area contributed by atoms with E-state index in [1.807, 2.05) is 13.0 Å². The third-order valence-corrected chi connectivity index (χ3v) is 4.72. The van der Waals surface area contributed by atoms with Crippen LogP contribution in [0, 0.1) is 5.92 Å². The molecule has 0 amide bonds. The number of aliphatic hydroxyl groups is 1. The summed E-state index contributed by atoms with van der Waals surface area (Å²) in [7, 11) is 1.41. The van der Waals surface area contributed by atoms with Gasteiger partial charge in [-0.3, -0.25) is 0 Å². The molecule has 2 heterocycles. The zero-order chi connectivity index (χ0) is 17.7. The van der Waals surface area contributed by atoms with E-state index >= 15 is 0 Å². The quantitative estimate of drug-likeness (QED) is 0.718. The zero-order valence-corrected chi connectivity index (χ0v) is 13.7. The maximum atomic E-state index is 10.3. The van der Waals surface area contributed by atoms with E-state index < -0.39 is 6.29 Å². The van der Waals surface area contributed by atoms with Gasteiger partial charge in [0, 0.05) is 23.5 Å². The lowest BCUT2D eigenvalue weighted by molar-refractivity contribution is -0.0729. The Morgan fingerprint density at radius 1 is 1.04 bits per heavy atom. The van der Waals surface area contributed by atoms with Crippen LogP contribution in [-0.2, 0) is 0 Å². The summed E-state index contributed by atoms with van der Waals surface area (Å²) < 4.78 is 21.5.